The molecule has 0 unspecified atom stereocenters. The summed E-state index contributed by atoms with van der Waals surface area (Å²) >= 11 is 0. The SMILES string of the molecule is CCNCc1coc(CN(CC2CC2)CC2CC2)c1. The molecule has 1 heterocycles. The molecule has 0 saturated heterocycles. The fraction of sp³-hybridized carbons (Fsp3) is 0.750. The highest BCUT2D eigenvalue weighted by molar-refractivity contribution is 5.12. The van der Waals surface area contributed by atoms with Crippen LogP contribution in [0.2, 0.25) is 0 Å². The highest BCUT2D eigenvalue weighted by atomic mass is 16.3. The van der Waals surface area contributed by atoms with Crippen molar-refractivity contribution in [2.45, 2.75) is 45.7 Å². The van der Waals surface area contributed by atoms with Gasteiger partial charge in [0.05, 0.1) is 12.8 Å². The first kappa shape index (κ1) is 13.2. The molecule has 0 spiro atoms. The van der Waals surface area contributed by atoms with Gasteiger partial charge in [-0.1, -0.05) is 6.92 Å². The lowest BCUT2D eigenvalue weighted by Crippen LogP contribution is -2.27. The minimum Gasteiger partial charge on any atom is -0.468 e. The van der Waals surface area contributed by atoms with Crippen LogP contribution < -0.4 is 5.32 Å². The molecule has 0 radical (unpaired) electrons. The van der Waals surface area contributed by atoms with Crippen LogP contribution >= 0.6 is 0 Å². The summed E-state index contributed by atoms with van der Waals surface area (Å²) in [5, 5.41) is 3.34. The molecule has 1 N–H and O–H groups in total. The zero-order chi connectivity index (χ0) is 13.1. The zero-order valence-electron chi connectivity index (χ0n) is 12.0. The van der Waals surface area contributed by atoms with Crippen molar-refractivity contribution in [2.75, 3.05) is 19.6 Å². The number of rotatable bonds is 9. The van der Waals surface area contributed by atoms with Crippen LogP contribution in [0.4, 0.5) is 0 Å². The molecule has 106 valence electrons. The van der Waals surface area contributed by atoms with Gasteiger partial charge < -0.3 is 9.73 Å². The molecule has 2 fully saturated rings. The molecule has 0 bridgehead atoms. The highest BCUT2D eigenvalue weighted by Crippen LogP contribution is 2.34. The summed E-state index contributed by atoms with van der Waals surface area (Å²) in [5.74, 6) is 3.07. The average molecular weight is 262 g/mol. The predicted molar refractivity (Wildman–Crippen MR) is 76.8 cm³/mol. The van der Waals surface area contributed by atoms with Crippen molar-refractivity contribution in [1.29, 1.82) is 0 Å². The molecule has 3 rings (SSSR count). The van der Waals surface area contributed by atoms with E-state index in [1.165, 1.54) is 44.3 Å². The Morgan fingerprint density at radius 2 is 1.89 bits per heavy atom. The molecule has 0 amide bonds. The molecule has 3 heteroatoms. The topological polar surface area (TPSA) is 28.4 Å². The van der Waals surface area contributed by atoms with Gasteiger partial charge in [-0.2, -0.15) is 0 Å². The van der Waals surface area contributed by atoms with Crippen molar-refractivity contribution < 1.29 is 4.42 Å². The second-order valence-electron chi connectivity index (χ2n) is 6.28. The fourth-order valence-corrected chi connectivity index (χ4v) is 2.63. The van der Waals surface area contributed by atoms with E-state index in [0.29, 0.717) is 0 Å². The predicted octanol–water partition coefficient (Wildman–Crippen LogP) is 3.01. The summed E-state index contributed by atoms with van der Waals surface area (Å²) in [6.07, 6.45) is 7.65. The molecular formula is C16H26N2O. The Balaban J connectivity index is 1.51. The van der Waals surface area contributed by atoms with Crippen LogP contribution in [0, 0.1) is 11.8 Å². The number of hydrogen-bond donors (Lipinski definition) is 1. The van der Waals surface area contributed by atoms with Crippen LogP contribution in [-0.4, -0.2) is 24.5 Å². The molecule has 1 aromatic heterocycles. The van der Waals surface area contributed by atoms with E-state index in [0.717, 1.165) is 37.2 Å². The Hall–Kier alpha value is -0.800. The minimum absolute atomic E-state index is 0.922. The summed E-state index contributed by atoms with van der Waals surface area (Å²) in [6, 6.07) is 2.22. The molecule has 0 aromatic carbocycles. The summed E-state index contributed by atoms with van der Waals surface area (Å²) in [6.45, 7) is 7.62. The first-order chi connectivity index (χ1) is 9.33. The molecule has 1 aromatic rings. The number of hydrogen-bond acceptors (Lipinski definition) is 3. The molecule has 3 nitrogen and oxygen atoms in total. The third-order valence-electron chi connectivity index (χ3n) is 4.09. The highest BCUT2D eigenvalue weighted by Gasteiger charge is 2.29. The van der Waals surface area contributed by atoms with E-state index in [2.05, 4.69) is 23.2 Å². The summed E-state index contributed by atoms with van der Waals surface area (Å²) in [5.41, 5.74) is 1.27. The monoisotopic (exact) mass is 262 g/mol. The van der Waals surface area contributed by atoms with E-state index < -0.39 is 0 Å². The van der Waals surface area contributed by atoms with E-state index >= 15 is 0 Å². The van der Waals surface area contributed by atoms with Gasteiger partial charge in [-0.3, -0.25) is 4.90 Å². The van der Waals surface area contributed by atoms with Gasteiger partial charge in [0, 0.05) is 25.2 Å². The van der Waals surface area contributed by atoms with Gasteiger partial charge in [0.2, 0.25) is 0 Å². The third kappa shape index (κ3) is 4.36. The molecule has 2 aliphatic carbocycles. The maximum atomic E-state index is 5.71. The Labute approximate surface area is 116 Å². The summed E-state index contributed by atoms with van der Waals surface area (Å²) < 4.78 is 5.71. The van der Waals surface area contributed by atoms with Crippen molar-refractivity contribution in [2.24, 2.45) is 11.8 Å². The van der Waals surface area contributed by atoms with Gasteiger partial charge in [0.15, 0.2) is 0 Å². The number of furan rings is 1. The standard InChI is InChI=1S/C16H26N2O/c1-2-17-8-15-7-16(19-12-15)11-18(9-13-3-4-13)10-14-5-6-14/h7,12-14,17H,2-6,8-11H2,1H3. The lowest BCUT2D eigenvalue weighted by molar-refractivity contribution is 0.225. The van der Waals surface area contributed by atoms with Gasteiger partial charge in [-0.15, -0.1) is 0 Å². The van der Waals surface area contributed by atoms with Crippen LogP contribution in [0.1, 0.15) is 43.9 Å². The van der Waals surface area contributed by atoms with Crippen LogP contribution in [0.15, 0.2) is 16.7 Å². The minimum atomic E-state index is 0.922. The number of nitrogens with one attached hydrogen (secondary N) is 1. The fourth-order valence-electron chi connectivity index (χ4n) is 2.63. The van der Waals surface area contributed by atoms with Gasteiger partial charge in [-0.25, -0.2) is 0 Å². The molecule has 2 saturated carbocycles. The maximum Gasteiger partial charge on any atom is 0.118 e. The largest absolute Gasteiger partial charge is 0.468 e. The van der Waals surface area contributed by atoms with Crippen LogP contribution in [-0.2, 0) is 13.1 Å². The molecular weight excluding hydrogens is 236 g/mol. The van der Waals surface area contributed by atoms with Crippen molar-refractivity contribution in [3.8, 4) is 0 Å². The molecule has 0 aliphatic heterocycles. The Bertz CT molecular complexity index is 379. The van der Waals surface area contributed by atoms with Crippen molar-refractivity contribution >= 4 is 0 Å². The second kappa shape index (κ2) is 6.10. The third-order valence-corrected chi connectivity index (χ3v) is 4.09. The van der Waals surface area contributed by atoms with E-state index in [1.807, 2.05) is 6.26 Å². The summed E-state index contributed by atoms with van der Waals surface area (Å²) in [7, 11) is 0. The summed E-state index contributed by atoms with van der Waals surface area (Å²) in [4.78, 5) is 2.62. The molecule has 2 aliphatic rings. The van der Waals surface area contributed by atoms with E-state index in [-0.39, 0.29) is 0 Å². The van der Waals surface area contributed by atoms with Crippen LogP contribution in [0.5, 0.6) is 0 Å². The lowest BCUT2D eigenvalue weighted by Gasteiger charge is -2.20. The number of nitrogens with zero attached hydrogens (tertiary/aromatic N) is 1. The molecule has 0 atom stereocenters. The van der Waals surface area contributed by atoms with Crippen LogP contribution in [0.25, 0.3) is 0 Å². The zero-order valence-corrected chi connectivity index (χ0v) is 12.0. The van der Waals surface area contributed by atoms with E-state index in [9.17, 15) is 0 Å². The van der Waals surface area contributed by atoms with E-state index in [4.69, 9.17) is 4.42 Å². The second-order valence-corrected chi connectivity index (χ2v) is 6.28. The Kier molecular flexibility index (Phi) is 4.24. The quantitative estimate of drug-likeness (QED) is 0.741. The average Bonchev–Trinajstić information content (AvgIpc) is 3.31. The van der Waals surface area contributed by atoms with Crippen molar-refractivity contribution in [1.82, 2.24) is 10.2 Å². The first-order valence-corrected chi connectivity index (χ1v) is 7.83. The van der Waals surface area contributed by atoms with Gasteiger partial charge >= 0.3 is 0 Å². The van der Waals surface area contributed by atoms with Crippen molar-refractivity contribution in [3.63, 3.8) is 0 Å². The maximum absolute atomic E-state index is 5.71. The van der Waals surface area contributed by atoms with Gasteiger partial charge in [0.25, 0.3) is 0 Å². The molecule has 19 heavy (non-hydrogen) atoms. The normalized spacial score (nSPS) is 19.3. The van der Waals surface area contributed by atoms with Gasteiger partial charge in [0.1, 0.15) is 5.76 Å². The Morgan fingerprint density at radius 1 is 1.21 bits per heavy atom. The smallest absolute Gasteiger partial charge is 0.118 e. The first-order valence-electron chi connectivity index (χ1n) is 7.83. The lowest BCUT2D eigenvalue weighted by atomic mass is 10.2. The van der Waals surface area contributed by atoms with Crippen molar-refractivity contribution in [3.05, 3.63) is 23.7 Å². The van der Waals surface area contributed by atoms with Crippen LogP contribution in [0.3, 0.4) is 0 Å². The van der Waals surface area contributed by atoms with Gasteiger partial charge in [-0.05, 0) is 50.1 Å². The van der Waals surface area contributed by atoms with E-state index in [1.54, 1.807) is 0 Å². The Morgan fingerprint density at radius 3 is 2.47 bits per heavy atom.